The van der Waals surface area contributed by atoms with Crippen LogP contribution in [0.15, 0.2) is 42.5 Å². The number of likely N-dealkylation sites (tertiary alicyclic amines) is 1. The largest absolute Gasteiger partial charge is 0.486 e. The Morgan fingerprint density at radius 2 is 1.71 bits per heavy atom. The molecule has 2 aromatic carbocycles. The van der Waals surface area contributed by atoms with Crippen LogP contribution in [0.2, 0.25) is 5.02 Å². The van der Waals surface area contributed by atoms with E-state index in [1.54, 1.807) is 41.3 Å². The van der Waals surface area contributed by atoms with Crippen LogP contribution in [0.3, 0.4) is 0 Å². The van der Waals surface area contributed by atoms with Gasteiger partial charge in [-0.2, -0.15) is 0 Å². The van der Waals surface area contributed by atoms with Gasteiger partial charge in [-0.15, -0.1) is 0 Å². The van der Waals surface area contributed by atoms with Crippen molar-refractivity contribution in [2.45, 2.75) is 12.8 Å². The molecule has 2 amide bonds. The number of hydrogen-bond acceptors (Lipinski definition) is 4. The lowest BCUT2D eigenvalue weighted by Gasteiger charge is -2.31. The highest BCUT2D eigenvalue weighted by Crippen LogP contribution is 2.33. The van der Waals surface area contributed by atoms with E-state index in [1.807, 2.05) is 6.07 Å². The average Bonchev–Trinajstić information content (AvgIpc) is 2.73. The third-order valence-electron chi connectivity index (χ3n) is 5.07. The number of carbonyl (C=O) groups excluding carboxylic acids is 2. The van der Waals surface area contributed by atoms with Gasteiger partial charge in [-0.3, -0.25) is 9.59 Å². The smallest absolute Gasteiger partial charge is 0.255 e. The first-order valence-electron chi connectivity index (χ1n) is 9.36. The van der Waals surface area contributed by atoms with Crippen LogP contribution in [0.4, 0.5) is 5.69 Å². The maximum Gasteiger partial charge on any atom is 0.255 e. The molecule has 0 atom stereocenters. The quantitative estimate of drug-likeness (QED) is 0.854. The van der Waals surface area contributed by atoms with E-state index in [-0.39, 0.29) is 17.7 Å². The van der Waals surface area contributed by atoms with Crippen molar-refractivity contribution in [3.05, 3.63) is 53.1 Å². The molecule has 2 aromatic rings. The number of halogens is 1. The molecule has 0 spiro atoms. The second-order valence-corrected chi connectivity index (χ2v) is 7.30. The number of fused-ring (bicyclic) bond motifs is 1. The van der Waals surface area contributed by atoms with Gasteiger partial charge >= 0.3 is 0 Å². The van der Waals surface area contributed by atoms with E-state index in [0.29, 0.717) is 66.9 Å². The minimum Gasteiger partial charge on any atom is -0.486 e. The van der Waals surface area contributed by atoms with E-state index >= 15 is 0 Å². The van der Waals surface area contributed by atoms with Crippen molar-refractivity contribution in [2.24, 2.45) is 5.92 Å². The molecule has 28 heavy (non-hydrogen) atoms. The van der Waals surface area contributed by atoms with Gasteiger partial charge in [0.05, 0.1) is 10.6 Å². The predicted octanol–water partition coefficient (Wildman–Crippen LogP) is 3.60. The van der Waals surface area contributed by atoms with Gasteiger partial charge in [0.15, 0.2) is 11.5 Å². The van der Waals surface area contributed by atoms with E-state index in [1.165, 1.54) is 0 Å². The minimum atomic E-state index is -0.136. The number of ether oxygens (including phenoxy) is 2. The van der Waals surface area contributed by atoms with Gasteiger partial charge in [0, 0.05) is 30.8 Å². The Labute approximate surface area is 168 Å². The third-order valence-corrected chi connectivity index (χ3v) is 5.40. The summed E-state index contributed by atoms with van der Waals surface area (Å²) in [5, 5.41) is 3.40. The highest BCUT2D eigenvalue weighted by molar-refractivity contribution is 6.33. The standard InChI is InChI=1S/C21H21ClN2O4/c22-17-4-2-1-3-16(17)21(26)24-9-7-14(8-10-24)20(25)23-15-5-6-18-19(13-15)28-12-11-27-18/h1-6,13-14H,7-12H2,(H,23,25). The SMILES string of the molecule is O=C(Nc1ccc2c(c1)OCCO2)C1CCN(C(=O)c2ccccc2Cl)CC1. The summed E-state index contributed by atoms with van der Waals surface area (Å²) < 4.78 is 11.0. The molecule has 0 saturated carbocycles. The number of rotatable bonds is 3. The summed E-state index contributed by atoms with van der Waals surface area (Å²) in [4.78, 5) is 27.0. The van der Waals surface area contributed by atoms with Gasteiger partial charge in [-0.1, -0.05) is 23.7 Å². The number of nitrogens with zero attached hydrogens (tertiary/aromatic N) is 1. The molecule has 2 aliphatic rings. The molecule has 0 unspecified atom stereocenters. The Kier molecular flexibility index (Phi) is 5.39. The van der Waals surface area contributed by atoms with Gasteiger partial charge in [-0.25, -0.2) is 0 Å². The first kappa shape index (κ1) is 18.6. The van der Waals surface area contributed by atoms with E-state index < -0.39 is 0 Å². The lowest BCUT2D eigenvalue weighted by Crippen LogP contribution is -2.41. The molecule has 146 valence electrons. The van der Waals surface area contributed by atoms with Crippen molar-refractivity contribution < 1.29 is 19.1 Å². The Balaban J connectivity index is 1.34. The molecular weight excluding hydrogens is 380 g/mol. The van der Waals surface area contributed by atoms with Crippen molar-refractivity contribution >= 4 is 29.1 Å². The molecule has 0 aliphatic carbocycles. The summed E-state index contributed by atoms with van der Waals surface area (Å²) in [5.74, 6) is 1.07. The van der Waals surface area contributed by atoms with Crippen LogP contribution in [0, 0.1) is 5.92 Å². The maximum absolute atomic E-state index is 12.6. The van der Waals surface area contributed by atoms with Crippen molar-refractivity contribution in [1.29, 1.82) is 0 Å². The molecule has 4 rings (SSSR count). The second-order valence-electron chi connectivity index (χ2n) is 6.89. The molecular formula is C21H21ClN2O4. The molecule has 6 nitrogen and oxygen atoms in total. The number of carbonyl (C=O) groups is 2. The van der Waals surface area contributed by atoms with E-state index in [4.69, 9.17) is 21.1 Å². The van der Waals surface area contributed by atoms with Crippen molar-refractivity contribution in [3.63, 3.8) is 0 Å². The van der Waals surface area contributed by atoms with Gasteiger partial charge < -0.3 is 19.7 Å². The zero-order valence-electron chi connectivity index (χ0n) is 15.3. The van der Waals surface area contributed by atoms with Crippen LogP contribution in [0.1, 0.15) is 23.2 Å². The molecule has 2 aliphatic heterocycles. The topological polar surface area (TPSA) is 67.9 Å². The molecule has 2 heterocycles. The van der Waals surface area contributed by atoms with E-state index in [0.717, 1.165) is 0 Å². The minimum absolute atomic E-state index is 0.0403. The molecule has 7 heteroatoms. The molecule has 1 saturated heterocycles. The predicted molar refractivity (Wildman–Crippen MR) is 106 cm³/mol. The normalized spacial score (nSPS) is 16.5. The third kappa shape index (κ3) is 3.92. The second kappa shape index (κ2) is 8.10. The summed E-state index contributed by atoms with van der Waals surface area (Å²) in [6.07, 6.45) is 1.24. The number of nitrogens with one attached hydrogen (secondary N) is 1. The Hall–Kier alpha value is -2.73. The molecule has 1 fully saturated rings. The van der Waals surface area contributed by atoms with Crippen LogP contribution >= 0.6 is 11.6 Å². The fourth-order valence-corrected chi connectivity index (χ4v) is 3.73. The van der Waals surface area contributed by atoms with Gasteiger partial charge in [0.25, 0.3) is 5.91 Å². The Bertz CT molecular complexity index is 894. The average molecular weight is 401 g/mol. The highest BCUT2D eigenvalue weighted by atomic mass is 35.5. The van der Waals surface area contributed by atoms with E-state index in [2.05, 4.69) is 5.32 Å². The number of amides is 2. The Morgan fingerprint density at radius 1 is 1.00 bits per heavy atom. The van der Waals surface area contributed by atoms with E-state index in [9.17, 15) is 9.59 Å². The van der Waals surface area contributed by atoms with Crippen LogP contribution in [-0.2, 0) is 4.79 Å². The van der Waals surface area contributed by atoms with Crippen LogP contribution in [-0.4, -0.2) is 43.0 Å². The molecule has 0 bridgehead atoms. The first-order valence-corrected chi connectivity index (χ1v) is 9.74. The first-order chi connectivity index (χ1) is 13.6. The molecule has 0 radical (unpaired) electrons. The summed E-state index contributed by atoms with van der Waals surface area (Å²) in [5.41, 5.74) is 1.19. The number of piperidine rings is 1. The number of anilines is 1. The zero-order chi connectivity index (χ0) is 19.5. The number of hydrogen-bond donors (Lipinski definition) is 1. The molecule has 0 aromatic heterocycles. The van der Waals surface area contributed by atoms with Crippen LogP contribution in [0.25, 0.3) is 0 Å². The zero-order valence-corrected chi connectivity index (χ0v) is 16.1. The van der Waals surface area contributed by atoms with Gasteiger partial charge in [0.2, 0.25) is 5.91 Å². The molecule has 1 N–H and O–H groups in total. The maximum atomic E-state index is 12.6. The van der Waals surface area contributed by atoms with Gasteiger partial charge in [0.1, 0.15) is 13.2 Å². The summed E-state index contributed by atoms with van der Waals surface area (Å²) in [7, 11) is 0. The fraction of sp³-hybridized carbons (Fsp3) is 0.333. The lowest BCUT2D eigenvalue weighted by molar-refractivity contribution is -0.121. The van der Waals surface area contributed by atoms with Crippen molar-refractivity contribution in [2.75, 3.05) is 31.6 Å². The Morgan fingerprint density at radius 3 is 2.46 bits per heavy atom. The van der Waals surface area contributed by atoms with Crippen LogP contribution in [0.5, 0.6) is 11.5 Å². The fourth-order valence-electron chi connectivity index (χ4n) is 3.52. The summed E-state index contributed by atoms with van der Waals surface area (Å²) >= 11 is 6.13. The lowest BCUT2D eigenvalue weighted by atomic mass is 9.95. The monoisotopic (exact) mass is 400 g/mol. The van der Waals surface area contributed by atoms with Crippen molar-refractivity contribution in [1.82, 2.24) is 4.90 Å². The summed E-state index contributed by atoms with van der Waals surface area (Å²) in [6, 6.07) is 12.4. The van der Waals surface area contributed by atoms with Gasteiger partial charge in [-0.05, 0) is 37.1 Å². The van der Waals surface area contributed by atoms with Crippen molar-refractivity contribution in [3.8, 4) is 11.5 Å². The van der Waals surface area contributed by atoms with Crippen LogP contribution < -0.4 is 14.8 Å². The summed E-state index contributed by atoms with van der Waals surface area (Å²) in [6.45, 7) is 2.10. The highest BCUT2D eigenvalue weighted by Gasteiger charge is 2.28. The number of benzene rings is 2.